The summed E-state index contributed by atoms with van der Waals surface area (Å²) in [7, 11) is -3.11. The van der Waals surface area contributed by atoms with E-state index in [-0.39, 0.29) is 4.99 Å². The number of rotatable bonds is 3. The van der Waals surface area contributed by atoms with Crippen molar-refractivity contribution in [3.8, 4) is 0 Å². The van der Waals surface area contributed by atoms with Gasteiger partial charge in [0.1, 0.15) is 10.8 Å². The highest BCUT2D eigenvalue weighted by atomic mass is 32.2. The quantitative estimate of drug-likeness (QED) is 0.779. The van der Waals surface area contributed by atoms with Crippen LogP contribution in [-0.4, -0.2) is 55.1 Å². The van der Waals surface area contributed by atoms with Gasteiger partial charge in [0.15, 0.2) is 0 Å². The fourth-order valence-electron chi connectivity index (χ4n) is 1.99. The number of hydrogen-bond donors (Lipinski definition) is 1. The van der Waals surface area contributed by atoms with Crippen LogP contribution in [0.2, 0.25) is 0 Å². The van der Waals surface area contributed by atoms with Crippen LogP contribution < -0.4 is 10.6 Å². The molecule has 104 valence electrons. The van der Waals surface area contributed by atoms with Gasteiger partial charge < -0.3 is 10.6 Å². The lowest BCUT2D eigenvalue weighted by molar-refractivity contribution is 0.387. The van der Waals surface area contributed by atoms with Crippen molar-refractivity contribution >= 4 is 33.0 Å². The molecule has 1 aliphatic heterocycles. The van der Waals surface area contributed by atoms with E-state index in [1.54, 1.807) is 6.07 Å². The molecule has 0 radical (unpaired) electrons. The predicted molar refractivity (Wildman–Crippen MR) is 78.8 cm³/mol. The van der Waals surface area contributed by atoms with Crippen LogP contribution in [0.25, 0.3) is 0 Å². The highest BCUT2D eigenvalue weighted by Gasteiger charge is 2.24. The minimum atomic E-state index is -3.11. The maximum atomic E-state index is 11.4. The number of hydrogen-bond acceptors (Lipinski definition) is 5. The fourth-order valence-corrected chi connectivity index (χ4v) is 2.93. The lowest BCUT2D eigenvalue weighted by Crippen LogP contribution is -2.48. The summed E-state index contributed by atoms with van der Waals surface area (Å²) < 4.78 is 24.3. The van der Waals surface area contributed by atoms with E-state index >= 15 is 0 Å². The first-order valence-electron chi connectivity index (χ1n) is 5.85. The number of nitrogens with zero attached hydrogens (tertiary/aromatic N) is 3. The molecule has 19 heavy (non-hydrogen) atoms. The molecule has 6 nitrogen and oxygen atoms in total. The van der Waals surface area contributed by atoms with Crippen molar-refractivity contribution in [2.24, 2.45) is 5.73 Å². The van der Waals surface area contributed by atoms with Crippen molar-refractivity contribution in [2.75, 3.05) is 37.3 Å². The number of sulfonamides is 1. The number of nitrogens with two attached hydrogens (primary N) is 1. The van der Waals surface area contributed by atoms with E-state index in [1.165, 1.54) is 10.6 Å². The van der Waals surface area contributed by atoms with Gasteiger partial charge in [-0.05, 0) is 12.1 Å². The Kier molecular flexibility index (Phi) is 4.02. The van der Waals surface area contributed by atoms with Gasteiger partial charge in [-0.1, -0.05) is 18.3 Å². The van der Waals surface area contributed by atoms with E-state index in [0.29, 0.717) is 31.9 Å². The Labute approximate surface area is 118 Å². The molecule has 0 spiro atoms. The normalized spacial score (nSPS) is 17.4. The molecule has 1 fully saturated rings. The Morgan fingerprint density at radius 1 is 1.32 bits per heavy atom. The van der Waals surface area contributed by atoms with Gasteiger partial charge in [-0.2, -0.15) is 4.31 Å². The third-order valence-corrected chi connectivity index (χ3v) is 4.53. The Morgan fingerprint density at radius 3 is 2.47 bits per heavy atom. The zero-order valence-electron chi connectivity index (χ0n) is 10.6. The molecule has 2 heterocycles. The van der Waals surface area contributed by atoms with Crippen LogP contribution in [-0.2, 0) is 10.0 Å². The van der Waals surface area contributed by atoms with Crippen LogP contribution in [0.4, 0.5) is 5.82 Å². The summed E-state index contributed by atoms with van der Waals surface area (Å²) in [6.45, 7) is 2.16. The van der Waals surface area contributed by atoms with E-state index in [4.69, 9.17) is 18.0 Å². The van der Waals surface area contributed by atoms with E-state index in [2.05, 4.69) is 4.98 Å². The molecule has 0 saturated carbocycles. The number of piperazine rings is 1. The van der Waals surface area contributed by atoms with E-state index in [9.17, 15) is 8.42 Å². The SMILES string of the molecule is CS(=O)(=O)N1CCN(c2cccc(C(N)=S)n2)CC1. The molecular formula is C11H16N4O2S2. The smallest absolute Gasteiger partial charge is 0.211 e. The van der Waals surface area contributed by atoms with Gasteiger partial charge in [-0.25, -0.2) is 13.4 Å². The molecule has 0 aliphatic carbocycles. The molecule has 0 aromatic carbocycles. The second kappa shape index (κ2) is 5.40. The molecule has 0 atom stereocenters. The Balaban J connectivity index is 2.10. The van der Waals surface area contributed by atoms with Gasteiger partial charge in [0.25, 0.3) is 0 Å². The zero-order chi connectivity index (χ0) is 14.0. The molecule has 0 unspecified atom stereocenters. The molecule has 1 aliphatic rings. The second-order valence-corrected chi connectivity index (χ2v) is 6.82. The summed E-state index contributed by atoms with van der Waals surface area (Å²) in [6.07, 6.45) is 1.23. The molecule has 1 aromatic heterocycles. The van der Waals surface area contributed by atoms with Crippen LogP contribution in [0.3, 0.4) is 0 Å². The van der Waals surface area contributed by atoms with Gasteiger partial charge >= 0.3 is 0 Å². The third kappa shape index (κ3) is 3.40. The van der Waals surface area contributed by atoms with Crippen LogP contribution >= 0.6 is 12.2 Å². The fraction of sp³-hybridized carbons (Fsp3) is 0.455. The average Bonchev–Trinajstić information content (AvgIpc) is 2.38. The number of anilines is 1. The van der Waals surface area contributed by atoms with Crippen molar-refractivity contribution in [1.82, 2.24) is 9.29 Å². The minimum Gasteiger partial charge on any atom is -0.388 e. The summed E-state index contributed by atoms with van der Waals surface area (Å²) >= 11 is 4.90. The summed E-state index contributed by atoms with van der Waals surface area (Å²) in [6, 6.07) is 5.48. The lowest BCUT2D eigenvalue weighted by atomic mass is 10.3. The average molecular weight is 300 g/mol. The van der Waals surface area contributed by atoms with Crippen molar-refractivity contribution in [2.45, 2.75) is 0 Å². The van der Waals surface area contributed by atoms with Crippen molar-refractivity contribution in [1.29, 1.82) is 0 Å². The number of pyridine rings is 1. The van der Waals surface area contributed by atoms with E-state index in [0.717, 1.165) is 5.82 Å². The minimum absolute atomic E-state index is 0.261. The molecule has 0 bridgehead atoms. The van der Waals surface area contributed by atoms with Crippen molar-refractivity contribution in [3.63, 3.8) is 0 Å². The molecule has 1 saturated heterocycles. The first-order valence-corrected chi connectivity index (χ1v) is 8.10. The predicted octanol–water partition coefficient (Wildman–Crippen LogP) is -0.203. The maximum absolute atomic E-state index is 11.4. The maximum Gasteiger partial charge on any atom is 0.211 e. The van der Waals surface area contributed by atoms with Crippen LogP contribution in [0.5, 0.6) is 0 Å². The Hall–Kier alpha value is -1.25. The first kappa shape index (κ1) is 14.2. The van der Waals surface area contributed by atoms with Gasteiger partial charge in [0, 0.05) is 26.2 Å². The molecule has 2 N–H and O–H groups in total. The van der Waals surface area contributed by atoms with Crippen LogP contribution in [0.15, 0.2) is 18.2 Å². The first-order chi connectivity index (χ1) is 8.88. The highest BCUT2D eigenvalue weighted by molar-refractivity contribution is 7.88. The molecule has 2 rings (SSSR count). The summed E-state index contributed by atoms with van der Waals surface area (Å²) in [5.41, 5.74) is 6.14. The molecule has 1 aromatic rings. The number of aromatic nitrogens is 1. The third-order valence-electron chi connectivity index (χ3n) is 3.02. The standard InChI is InChI=1S/C11H16N4O2S2/c1-19(16,17)15-7-5-14(6-8-15)10-4-2-3-9(13-10)11(12)18/h2-4H,5-8H2,1H3,(H2,12,18). The zero-order valence-corrected chi connectivity index (χ0v) is 12.2. The summed E-state index contributed by atoms with van der Waals surface area (Å²) in [5, 5.41) is 0. The summed E-state index contributed by atoms with van der Waals surface area (Å²) in [5.74, 6) is 0.776. The topological polar surface area (TPSA) is 79.5 Å². The molecule has 8 heteroatoms. The summed E-state index contributed by atoms with van der Waals surface area (Å²) in [4.78, 5) is 6.67. The van der Waals surface area contributed by atoms with E-state index < -0.39 is 10.0 Å². The molecule has 0 amide bonds. The van der Waals surface area contributed by atoms with Gasteiger partial charge in [0.2, 0.25) is 10.0 Å². The van der Waals surface area contributed by atoms with Gasteiger partial charge in [0.05, 0.1) is 11.9 Å². The Bertz CT molecular complexity index is 580. The van der Waals surface area contributed by atoms with E-state index in [1.807, 2.05) is 17.0 Å². The molecular weight excluding hydrogens is 284 g/mol. The van der Waals surface area contributed by atoms with Crippen molar-refractivity contribution in [3.05, 3.63) is 23.9 Å². The largest absolute Gasteiger partial charge is 0.388 e. The second-order valence-electron chi connectivity index (χ2n) is 4.39. The number of thiocarbonyl (C=S) groups is 1. The van der Waals surface area contributed by atoms with Gasteiger partial charge in [-0.15, -0.1) is 0 Å². The lowest BCUT2D eigenvalue weighted by Gasteiger charge is -2.34. The highest BCUT2D eigenvalue weighted by Crippen LogP contribution is 2.15. The Morgan fingerprint density at radius 2 is 1.95 bits per heavy atom. The van der Waals surface area contributed by atoms with Crippen molar-refractivity contribution < 1.29 is 8.42 Å². The monoisotopic (exact) mass is 300 g/mol. The van der Waals surface area contributed by atoms with Gasteiger partial charge in [-0.3, -0.25) is 0 Å². The van der Waals surface area contributed by atoms with Crippen LogP contribution in [0.1, 0.15) is 5.69 Å². The van der Waals surface area contributed by atoms with Crippen LogP contribution in [0, 0.1) is 0 Å².